The third-order valence-corrected chi connectivity index (χ3v) is 5.48. The molecule has 1 heterocycles. The van der Waals surface area contributed by atoms with Gasteiger partial charge in [-0.15, -0.1) is 0 Å². The minimum atomic E-state index is -0.587. The minimum absolute atomic E-state index is 0.00907. The van der Waals surface area contributed by atoms with Crippen LogP contribution in [0.15, 0.2) is 47.1 Å². The quantitative estimate of drug-likeness (QED) is 0.665. The maximum Gasteiger partial charge on any atom is 0.310 e. The van der Waals surface area contributed by atoms with Crippen molar-refractivity contribution in [2.75, 3.05) is 6.61 Å². The van der Waals surface area contributed by atoms with Crippen LogP contribution >= 0.6 is 0 Å². The van der Waals surface area contributed by atoms with Crippen molar-refractivity contribution >= 4 is 39.5 Å². The first-order valence-corrected chi connectivity index (χ1v) is 9.99. The lowest BCUT2D eigenvalue weighted by Crippen LogP contribution is -2.39. The molecule has 6 heteroatoms. The number of carbonyl (C=O) groups is 3. The Morgan fingerprint density at radius 3 is 2.66 bits per heavy atom. The Morgan fingerprint density at radius 1 is 1.03 bits per heavy atom. The number of rotatable bonds is 5. The minimum Gasteiger partial charge on any atom is -0.464 e. The average molecular weight is 393 g/mol. The number of furan rings is 1. The first-order chi connectivity index (χ1) is 14.1. The van der Waals surface area contributed by atoms with Crippen molar-refractivity contribution < 1.29 is 23.5 Å². The zero-order valence-electron chi connectivity index (χ0n) is 16.1. The number of imide groups is 1. The highest BCUT2D eigenvalue weighted by Gasteiger charge is 2.23. The van der Waals surface area contributed by atoms with E-state index in [0.717, 1.165) is 48.3 Å². The van der Waals surface area contributed by atoms with Crippen LogP contribution in [0.2, 0.25) is 0 Å². The van der Waals surface area contributed by atoms with Gasteiger partial charge in [-0.05, 0) is 29.7 Å². The van der Waals surface area contributed by atoms with E-state index in [2.05, 4.69) is 5.32 Å². The molecule has 1 N–H and O–H groups in total. The maximum atomic E-state index is 12.3. The molecule has 1 aliphatic rings. The molecule has 0 radical (unpaired) electrons. The molecular formula is C23H23NO5. The summed E-state index contributed by atoms with van der Waals surface area (Å²) in [7, 11) is 0. The molecule has 0 spiro atoms. The van der Waals surface area contributed by atoms with Crippen LogP contribution in [0.5, 0.6) is 0 Å². The van der Waals surface area contributed by atoms with Crippen molar-refractivity contribution in [3.63, 3.8) is 0 Å². The molecule has 2 amide bonds. The monoisotopic (exact) mass is 393 g/mol. The van der Waals surface area contributed by atoms with E-state index in [0.29, 0.717) is 11.1 Å². The fraction of sp³-hybridized carbons (Fsp3) is 0.348. The van der Waals surface area contributed by atoms with Gasteiger partial charge < -0.3 is 9.15 Å². The molecule has 0 unspecified atom stereocenters. The summed E-state index contributed by atoms with van der Waals surface area (Å²) in [5.41, 5.74) is 1.41. The average Bonchev–Trinajstić information content (AvgIpc) is 3.16. The molecule has 150 valence electrons. The third-order valence-electron chi connectivity index (χ3n) is 5.48. The Labute approximate surface area is 168 Å². The molecule has 0 atom stereocenters. The van der Waals surface area contributed by atoms with Crippen molar-refractivity contribution in [2.24, 2.45) is 5.92 Å². The van der Waals surface area contributed by atoms with Crippen LogP contribution < -0.4 is 5.32 Å². The normalized spacial score (nSPS) is 14.8. The highest BCUT2D eigenvalue weighted by Crippen LogP contribution is 2.30. The molecule has 4 rings (SSSR count). The first-order valence-electron chi connectivity index (χ1n) is 9.99. The van der Waals surface area contributed by atoms with E-state index in [9.17, 15) is 14.4 Å². The van der Waals surface area contributed by atoms with E-state index >= 15 is 0 Å². The fourth-order valence-corrected chi connectivity index (χ4v) is 4.00. The topological polar surface area (TPSA) is 85.6 Å². The van der Waals surface area contributed by atoms with Gasteiger partial charge >= 0.3 is 5.97 Å². The van der Waals surface area contributed by atoms with Crippen molar-refractivity contribution in [1.82, 2.24) is 5.32 Å². The summed E-state index contributed by atoms with van der Waals surface area (Å²) >= 11 is 0. The van der Waals surface area contributed by atoms with E-state index in [4.69, 9.17) is 9.15 Å². The van der Waals surface area contributed by atoms with Gasteiger partial charge in [0.05, 0.1) is 12.7 Å². The molecule has 3 aromatic rings. The molecule has 0 aliphatic heterocycles. The summed E-state index contributed by atoms with van der Waals surface area (Å²) in [5, 5.41) is 5.27. The number of fused-ring (bicyclic) bond motifs is 3. The van der Waals surface area contributed by atoms with Gasteiger partial charge in [-0.3, -0.25) is 19.7 Å². The summed E-state index contributed by atoms with van der Waals surface area (Å²) in [4.78, 5) is 36.3. The van der Waals surface area contributed by atoms with Crippen LogP contribution in [0.4, 0.5) is 0 Å². The van der Waals surface area contributed by atoms with Gasteiger partial charge in [-0.1, -0.05) is 49.6 Å². The number of esters is 1. The molecular weight excluding hydrogens is 370 g/mol. The van der Waals surface area contributed by atoms with Crippen molar-refractivity contribution in [2.45, 2.75) is 38.5 Å². The predicted octanol–water partition coefficient (Wildman–Crippen LogP) is 3.89. The second kappa shape index (κ2) is 8.47. The standard InChI is InChI=1S/C23H23NO5/c25-20(24-23(27)16-7-2-1-3-8-16)14-29-21(26)12-17-13-28-19-11-10-15-6-4-5-9-18(15)22(17)19/h4-6,9-11,13,16H,1-3,7-8,12,14H2,(H,24,25,27). The van der Waals surface area contributed by atoms with Gasteiger partial charge in [0, 0.05) is 16.9 Å². The van der Waals surface area contributed by atoms with Crippen LogP contribution in [0.3, 0.4) is 0 Å². The highest BCUT2D eigenvalue weighted by atomic mass is 16.5. The van der Waals surface area contributed by atoms with Crippen LogP contribution in [0.1, 0.15) is 37.7 Å². The summed E-state index contributed by atoms with van der Waals surface area (Å²) in [6.07, 6.45) is 6.30. The van der Waals surface area contributed by atoms with Crippen LogP contribution in [-0.4, -0.2) is 24.4 Å². The third kappa shape index (κ3) is 4.31. The second-order valence-electron chi connectivity index (χ2n) is 7.51. The number of hydrogen-bond acceptors (Lipinski definition) is 5. The number of benzene rings is 2. The zero-order valence-corrected chi connectivity index (χ0v) is 16.1. The molecule has 1 fully saturated rings. The molecule has 1 aromatic heterocycles. The molecule has 1 aliphatic carbocycles. The highest BCUT2D eigenvalue weighted by molar-refractivity contribution is 6.08. The Kier molecular flexibility index (Phi) is 5.60. The lowest BCUT2D eigenvalue weighted by atomic mass is 9.89. The lowest BCUT2D eigenvalue weighted by Gasteiger charge is -2.20. The SMILES string of the molecule is O=C(COC(=O)Cc1coc2ccc3ccccc3c12)NC(=O)C1CCCCC1. The molecule has 6 nitrogen and oxygen atoms in total. The van der Waals surface area contributed by atoms with Gasteiger partial charge in [-0.25, -0.2) is 0 Å². The van der Waals surface area contributed by atoms with E-state index < -0.39 is 18.5 Å². The first kappa shape index (κ1) is 19.2. The smallest absolute Gasteiger partial charge is 0.310 e. The molecule has 29 heavy (non-hydrogen) atoms. The van der Waals surface area contributed by atoms with E-state index in [1.807, 2.05) is 36.4 Å². The van der Waals surface area contributed by atoms with Crippen molar-refractivity contribution in [3.8, 4) is 0 Å². The van der Waals surface area contributed by atoms with Gasteiger partial charge in [0.25, 0.3) is 5.91 Å². The Balaban J connectivity index is 1.36. The summed E-state index contributed by atoms with van der Waals surface area (Å²) in [5.74, 6) is -1.51. The number of carbonyl (C=O) groups excluding carboxylic acids is 3. The number of nitrogens with one attached hydrogen (secondary N) is 1. The van der Waals surface area contributed by atoms with E-state index in [1.54, 1.807) is 6.26 Å². The summed E-state index contributed by atoms with van der Waals surface area (Å²) in [6, 6.07) is 11.7. The Bertz CT molecular complexity index is 1060. The summed E-state index contributed by atoms with van der Waals surface area (Å²) in [6.45, 7) is -0.464. The predicted molar refractivity (Wildman–Crippen MR) is 108 cm³/mol. The number of hydrogen-bond donors (Lipinski definition) is 1. The molecule has 0 saturated heterocycles. The molecule has 1 saturated carbocycles. The largest absolute Gasteiger partial charge is 0.464 e. The van der Waals surface area contributed by atoms with Gasteiger partial charge in [-0.2, -0.15) is 0 Å². The van der Waals surface area contributed by atoms with Crippen molar-refractivity contribution in [3.05, 3.63) is 48.2 Å². The van der Waals surface area contributed by atoms with Gasteiger partial charge in [0.15, 0.2) is 6.61 Å². The maximum absolute atomic E-state index is 12.3. The number of ether oxygens (including phenoxy) is 1. The van der Waals surface area contributed by atoms with Crippen LogP contribution in [-0.2, 0) is 25.5 Å². The van der Waals surface area contributed by atoms with Crippen LogP contribution in [0, 0.1) is 5.92 Å². The number of amides is 2. The van der Waals surface area contributed by atoms with Crippen molar-refractivity contribution in [1.29, 1.82) is 0 Å². The Hall–Kier alpha value is -3.15. The van der Waals surface area contributed by atoms with Gasteiger partial charge in [0.1, 0.15) is 5.58 Å². The summed E-state index contributed by atoms with van der Waals surface area (Å²) < 4.78 is 10.7. The second-order valence-corrected chi connectivity index (χ2v) is 7.51. The van der Waals surface area contributed by atoms with E-state index in [1.165, 1.54) is 0 Å². The lowest BCUT2D eigenvalue weighted by molar-refractivity contribution is -0.149. The van der Waals surface area contributed by atoms with E-state index in [-0.39, 0.29) is 18.2 Å². The fourth-order valence-electron chi connectivity index (χ4n) is 4.00. The van der Waals surface area contributed by atoms with Gasteiger partial charge in [0.2, 0.25) is 5.91 Å². The molecule has 2 aromatic carbocycles. The van der Waals surface area contributed by atoms with Crippen LogP contribution in [0.25, 0.3) is 21.7 Å². The zero-order chi connectivity index (χ0) is 20.2. The Morgan fingerprint density at radius 2 is 1.83 bits per heavy atom. The molecule has 0 bridgehead atoms.